The van der Waals surface area contributed by atoms with Crippen molar-refractivity contribution in [1.29, 1.82) is 0 Å². The first kappa shape index (κ1) is 9.51. The Morgan fingerprint density at radius 2 is 2.54 bits per heavy atom. The van der Waals surface area contributed by atoms with Gasteiger partial charge in [-0.05, 0) is 18.6 Å². The van der Waals surface area contributed by atoms with Crippen LogP contribution in [0.25, 0.3) is 0 Å². The van der Waals surface area contributed by atoms with Crippen LogP contribution in [0, 0.1) is 6.92 Å². The highest BCUT2D eigenvalue weighted by Crippen LogP contribution is 2.04. The third kappa shape index (κ3) is 2.18. The van der Waals surface area contributed by atoms with Gasteiger partial charge in [-0.25, -0.2) is 0 Å². The molecule has 4 heteroatoms. The van der Waals surface area contributed by atoms with Crippen LogP contribution >= 0.6 is 0 Å². The van der Waals surface area contributed by atoms with E-state index in [0.717, 1.165) is 11.3 Å². The zero-order valence-electron chi connectivity index (χ0n) is 7.87. The lowest BCUT2D eigenvalue weighted by molar-refractivity contribution is -0.116. The van der Waals surface area contributed by atoms with E-state index < -0.39 is 0 Å². The minimum atomic E-state index is -0.166. The average molecular weight is 179 g/mol. The van der Waals surface area contributed by atoms with E-state index in [9.17, 15) is 4.79 Å². The van der Waals surface area contributed by atoms with E-state index in [-0.39, 0.29) is 5.91 Å². The first-order valence-corrected chi connectivity index (χ1v) is 4.03. The molecule has 0 saturated carbocycles. The minimum Gasteiger partial charge on any atom is -0.347 e. The fraction of sp³-hybridized carbons (Fsp3) is 0.333. The maximum absolute atomic E-state index is 10.9. The zero-order valence-corrected chi connectivity index (χ0v) is 7.87. The highest BCUT2D eigenvalue weighted by atomic mass is 16.1. The molecule has 0 spiro atoms. The van der Waals surface area contributed by atoms with Crippen molar-refractivity contribution >= 4 is 5.91 Å². The van der Waals surface area contributed by atoms with Gasteiger partial charge in [0.15, 0.2) is 0 Å². The van der Waals surface area contributed by atoms with E-state index in [0.29, 0.717) is 6.54 Å². The minimum absolute atomic E-state index is 0.166. The number of aromatic nitrogens is 2. The van der Waals surface area contributed by atoms with Gasteiger partial charge in [-0.2, -0.15) is 5.10 Å². The van der Waals surface area contributed by atoms with Crippen molar-refractivity contribution in [2.24, 2.45) is 7.05 Å². The molecule has 0 aromatic carbocycles. The van der Waals surface area contributed by atoms with Gasteiger partial charge in [0.25, 0.3) is 0 Å². The molecule has 0 bridgehead atoms. The molecule has 0 saturated heterocycles. The molecule has 70 valence electrons. The Morgan fingerprint density at radius 3 is 3.00 bits per heavy atom. The van der Waals surface area contributed by atoms with Crippen LogP contribution < -0.4 is 5.32 Å². The van der Waals surface area contributed by atoms with Crippen LogP contribution in [0.2, 0.25) is 0 Å². The summed E-state index contributed by atoms with van der Waals surface area (Å²) in [7, 11) is 1.85. The van der Waals surface area contributed by atoms with Crippen molar-refractivity contribution in [2.45, 2.75) is 13.5 Å². The molecule has 0 atom stereocenters. The molecule has 1 aromatic heterocycles. The van der Waals surface area contributed by atoms with E-state index in [1.54, 1.807) is 10.9 Å². The fourth-order valence-electron chi connectivity index (χ4n) is 1.07. The molecule has 0 radical (unpaired) electrons. The van der Waals surface area contributed by atoms with Gasteiger partial charge < -0.3 is 5.32 Å². The van der Waals surface area contributed by atoms with Gasteiger partial charge in [0.1, 0.15) is 0 Å². The van der Waals surface area contributed by atoms with Gasteiger partial charge in [0.05, 0.1) is 18.4 Å². The molecule has 0 unspecified atom stereocenters. The van der Waals surface area contributed by atoms with E-state index >= 15 is 0 Å². The summed E-state index contributed by atoms with van der Waals surface area (Å²) >= 11 is 0. The van der Waals surface area contributed by atoms with Crippen molar-refractivity contribution < 1.29 is 4.79 Å². The number of carbonyl (C=O) groups is 1. The normalized spacial score (nSPS) is 9.69. The SMILES string of the molecule is C=CC(=O)NCc1c(C)cnn1C. The summed E-state index contributed by atoms with van der Waals surface area (Å²) in [5, 5.41) is 6.76. The number of carbonyl (C=O) groups excluding carboxylic acids is 1. The quantitative estimate of drug-likeness (QED) is 0.688. The second-order valence-electron chi connectivity index (χ2n) is 2.82. The van der Waals surface area contributed by atoms with Crippen molar-refractivity contribution in [3.63, 3.8) is 0 Å². The Hall–Kier alpha value is -1.58. The van der Waals surface area contributed by atoms with Gasteiger partial charge in [-0.1, -0.05) is 6.58 Å². The van der Waals surface area contributed by atoms with Crippen molar-refractivity contribution in [3.05, 3.63) is 30.1 Å². The topological polar surface area (TPSA) is 46.9 Å². The number of amides is 1. The Labute approximate surface area is 77.3 Å². The third-order valence-corrected chi connectivity index (χ3v) is 1.89. The van der Waals surface area contributed by atoms with Gasteiger partial charge in [0, 0.05) is 7.05 Å². The molecule has 1 rings (SSSR count). The molecular weight excluding hydrogens is 166 g/mol. The number of aryl methyl sites for hydroxylation is 2. The fourth-order valence-corrected chi connectivity index (χ4v) is 1.07. The lowest BCUT2D eigenvalue weighted by Crippen LogP contribution is -2.22. The molecule has 1 heterocycles. The summed E-state index contributed by atoms with van der Waals surface area (Å²) in [6.07, 6.45) is 3.03. The van der Waals surface area contributed by atoms with Crippen LogP contribution in [0.5, 0.6) is 0 Å². The number of nitrogens with one attached hydrogen (secondary N) is 1. The van der Waals surface area contributed by atoms with E-state index in [1.807, 2.05) is 14.0 Å². The van der Waals surface area contributed by atoms with Crippen molar-refractivity contribution in [2.75, 3.05) is 0 Å². The number of hydrogen-bond acceptors (Lipinski definition) is 2. The second kappa shape index (κ2) is 3.89. The van der Waals surface area contributed by atoms with Crippen LogP contribution in [0.3, 0.4) is 0 Å². The van der Waals surface area contributed by atoms with Crippen molar-refractivity contribution in [3.8, 4) is 0 Å². The predicted octanol–water partition coefficient (Wildman–Crippen LogP) is 0.531. The van der Waals surface area contributed by atoms with Gasteiger partial charge in [0.2, 0.25) is 5.91 Å². The molecule has 0 aliphatic rings. The number of nitrogens with zero attached hydrogens (tertiary/aromatic N) is 2. The van der Waals surface area contributed by atoms with Gasteiger partial charge in [-0.15, -0.1) is 0 Å². The molecule has 1 amide bonds. The molecule has 1 N–H and O–H groups in total. The highest BCUT2D eigenvalue weighted by Gasteiger charge is 2.04. The predicted molar refractivity (Wildman–Crippen MR) is 50.0 cm³/mol. The van der Waals surface area contributed by atoms with Crippen LogP contribution in [0.4, 0.5) is 0 Å². The van der Waals surface area contributed by atoms with Gasteiger partial charge >= 0.3 is 0 Å². The average Bonchev–Trinajstić information content (AvgIpc) is 2.43. The lowest BCUT2D eigenvalue weighted by Gasteiger charge is -2.03. The van der Waals surface area contributed by atoms with E-state index in [2.05, 4.69) is 17.0 Å². The molecule has 0 aliphatic heterocycles. The standard InChI is InChI=1S/C9H13N3O/c1-4-9(13)10-6-8-7(2)5-11-12(8)3/h4-5H,1,6H2,2-3H3,(H,10,13). The second-order valence-corrected chi connectivity index (χ2v) is 2.82. The smallest absolute Gasteiger partial charge is 0.243 e. The summed E-state index contributed by atoms with van der Waals surface area (Å²) in [4.78, 5) is 10.9. The Bertz CT molecular complexity index is 308. The van der Waals surface area contributed by atoms with Crippen molar-refractivity contribution in [1.82, 2.24) is 15.1 Å². The number of hydrogen-bond donors (Lipinski definition) is 1. The Kier molecular flexibility index (Phi) is 2.84. The molecule has 13 heavy (non-hydrogen) atoms. The Balaban J connectivity index is 2.63. The van der Waals surface area contributed by atoms with Gasteiger partial charge in [-0.3, -0.25) is 9.48 Å². The van der Waals surface area contributed by atoms with Crippen LogP contribution in [-0.2, 0) is 18.4 Å². The monoisotopic (exact) mass is 179 g/mol. The van der Waals surface area contributed by atoms with Crippen LogP contribution in [0.15, 0.2) is 18.9 Å². The maximum Gasteiger partial charge on any atom is 0.243 e. The first-order valence-electron chi connectivity index (χ1n) is 4.03. The number of rotatable bonds is 3. The molecular formula is C9H13N3O. The molecule has 4 nitrogen and oxygen atoms in total. The van der Waals surface area contributed by atoms with Crippen LogP contribution in [-0.4, -0.2) is 15.7 Å². The largest absolute Gasteiger partial charge is 0.347 e. The lowest BCUT2D eigenvalue weighted by atomic mass is 10.3. The molecule has 0 aliphatic carbocycles. The highest BCUT2D eigenvalue weighted by molar-refractivity contribution is 5.86. The first-order chi connectivity index (χ1) is 6.15. The van der Waals surface area contributed by atoms with E-state index in [4.69, 9.17) is 0 Å². The molecule has 1 aromatic rings. The summed E-state index contributed by atoms with van der Waals surface area (Å²) in [6.45, 7) is 5.82. The van der Waals surface area contributed by atoms with Crippen LogP contribution in [0.1, 0.15) is 11.3 Å². The Morgan fingerprint density at radius 1 is 1.85 bits per heavy atom. The third-order valence-electron chi connectivity index (χ3n) is 1.89. The van der Waals surface area contributed by atoms with E-state index in [1.165, 1.54) is 6.08 Å². The zero-order chi connectivity index (χ0) is 9.84. The summed E-state index contributed by atoms with van der Waals surface area (Å²) in [6, 6.07) is 0. The summed E-state index contributed by atoms with van der Waals surface area (Å²) < 4.78 is 1.75. The molecule has 0 fully saturated rings. The summed E-state index contributed by atoms with van der Waals surface area (Å²) in [5.41, 5.74) is 2.09. The summed E-state index contributed by atoms with van der Waals surface area (Å²) in [5.74, 6) is -0.166. The maximum atomic E-state index is 10.9.